The van der Waals surface area contributed by atoms with Gasteiger partial charge in [0.25, 0.3) is 0 Å². The highest BCUT2D eigenvalue weighted by Crippen LogP contribution is 2.20. The first-order chi connectivity index (χ1) is 15.7. The molecule has 0 radical (unpaired) electrons. The van der Waals surface area contributed by atoms with Crippen molar-refractivity contribution in [3.8, 4) is 17.5 Å². The number of rotatable bonds is 7. The van der Waals surface area contributed by atoms with Crippen molar-refractivity contribution in [3.05, 3.63) is 71.9 Å². The van der Waals surface area contributed by atoms with E-state index < -0.39 is 0 Å². The number of hydrogen-bond acceptors (Lipinski definition) is 6. The minimum Gasteiger partial charge on any atom is -0.497 e. The summed E-state index contributed by atoms with van der Waals surface area (Å²) in [4.78, 5) is 17.3. The minimum atomic E-state index is -0.150. The minimum absolute atomic E-state index is 0.150. The maximum Gasteiger partial charge on any atom is 0.239 e. The number of para-hydroxylation sites is 1. The Morgan fingerprint density at radius 1 is 1.06 bits per heavy atom. The predicted octanol–water partition coefficient (Wildman–Crippen LogP) is 2.51. The maximum atomic E-state index is 12.7. The summed E-state index contributed by atoms with van der Waals surface area (Å²) < 4.78 is 6.80. The quantitative estimate of drug-likeness (QED) is 0.620. The number of nitriles is 1. The molecule has 0 bridgehead atoms. The van der Waals surface area contributed by atoms with Crippen LogP contribution in [0.25, 0.3) is 5.69 Å². The van der Waals surface area contributed by atoms with Gasteiger partial charge >= 0.3 is 0 Å². The predicted molar refractivity (Wildman–Crippen MR) is 122 cm³/mol. The Bertz CT molecular complexity index is 1080. The van der Waals surface area contributed by atoms with E-state index in [-0.39, 0.29) is 12.5 Å². The summed E-state index contributed by atoms with van der Waals surface area (Å²) in [5.41, 5.74) is 2.37. The molecule has 1 aromatic heterocycles. The van der Waals surface area contributed by atoms with Crippen molar-refractivity contribution in [2.24, 2.45) is 0 Å². The molecule has 2 heterocycles. The first kappa shape index (κ1) is 21.6. The van der Waals surface area contributed by atoms with E-state index in [4.69, 9.17) is 4.74 Å². The molecule has 8 nitrogen and oxygen atoms in total. The summed E-state index contributed by atoms with van der Waals surface area (Å²) in [6, 6.07) is 19.7. The van der Waals surface area contributed by atoms with Gasteiger partial charge in [0, 0.05) is 32.7 Å². The van der Waals surface area contributed by atoms with Crippen molar-refractivity contribution < 1.29 is 9.53 Å². The van der Waals surface area contributed by atoms with Crippen LogP contribution in [0.4, 0.5) is 5.82 Å². The SMILES string of the molecule is COc1ccc(CN2CCN(CC(=O)Nc3c(C#N)cnn3-c3ccccc3)CC2)cc1. The number of piperazine rings is 1. The normalized spacial score (nSPS) is 14.6. The molecular formula is C24H26N6O2. The van der Waals surface area contributed by atoms with Crippen LogP contribution in [0.5, 0.6) is 5.75 Å². The Kier molecular flexibility index (Phi) is 6.80. The zero-order valence-electron chi connectivity index (χ0n) is 18.1. The summed E-state index contributed by atoms with van der Waals surface area (Å²) in [6.45, 7) is 4.57. The topological polar surface area (TPSA) is 86.4 Å². The van der Waals surface area contributed by atoms with Crippen LogP contribution in [-0.2, 0) is 11.3 Å². The van der Waals surface area contributed by atoms with Gasteiger partial charge in [0.05, 0.1) is 25.5 Å². The molecule has 0 saturated carbocycles. The van der Waals surface area contributed by atoms with E-state index in [9.17, 15) is 10.1 Å². The fourth-order valence-electron chi connectivity index (χ4n) is 3.78. The van der Waals surface area contributed by atoms with Gasteiger partial charge in [-0.3, -0.25) is 14.6 Å². The number of amides is 1. The first-order valence-electron chi connectivity index (χ1n) is 10.6. The molecule has 2 aromatic carbocycles. The molecular weight excluding hydrogens is 404 g/mol. The summed E-state index contributed by atoms with van der Waals surface area (Å²) in [6.07, 6.45) is 1.47. The number of benzene rings is 2. The van der Waals surface area contributed by atoms with Crippen molar-refractivity contribution in [1.29, 1.82) is 5.26 Å². The first-order valence-corrected chi connectivity index (χ1v) is 10.6. The molecule has 0 aliphatic carbocycles. The molecule has 0 atom stereocenters. The van der Waals surface area contributed by atoms with Gasteiger partial charge in [0.1, 0.15) is 17.4 Å². The van der Waals surface area contributed by atoms with Crippen LogP contribution < -0.4 is 10.1 Å². The van der Waals surface area contributed by atoms with Crippen molar-refractivity contribution in [2.45, 2.75) is 6.54 Å². The van der Waals surface area contributed by atoms with Crippen LogP contribution in [0.1, 0.15) is 11.1 Å². The molecule has 3 aromatic rings. The largest absolute Gasteiger partial charge is 0.497 e. The lowest BCUT2D eigenvalue weighted by molar-refractivity contribution is -0.117. The van der Waals surface area contributed by atoms with E-state index in [0.717, 1.165) is 44.2 Å². The monoisotopic (exact) mass is 430 g/mol. The van der Waals surface area contributed by atoms with Gasteiger partial charge < -0.3 is 10.1 Å². The summed E-state index contributed by atoms with van der Waals surface area (Å²) >= 11 is 0. The van der Waals surface area contributed by atoms with Gasteiger partial charge in [-0.15, -0.1) is 0 Å². The van der Waals surface area contributed by atoms with E-state index in [1.54, 1.807) is 11.8 Å². The number of carbonyl (C=O) groups is 1. The Morgan fingerprint density at radius 2 is 1.75 bits per heavy atom. The lowest BCUT2D eigenvalue weighted by Crippen LogP contribution is -2.48. The summed E-state index contributed by atoms with van der Waals surface area (Å²) in [7, 11) is 1.67. The number of methoxy groups -OCH3 is 1. The van der Waals surface area contributed by atoms with Gasteiger partial charge in [-0.2, -0.15) is 10.4 Å². The van der Waals surface area contributed by atoms with Crippen molar-refractivity contribution in [1.82, 2.24) is 19.6 Å². The van der Waals surface area contributed by atoms with E-state index in [0.29, 0.717) is 11.4 Å². The molecule has 32 heavy (non-hydrogen) atoms. The van der Waals surface area contributed by atoms with Crippen LogP contribution in [0, 0.1) is 11.3 Å². The van der Waals surface area contributed by atoms with E-state index in [1.165, 1.54) is 11.8 Å². The Balaban J connectivity index is 1.31. The Hall–Kier alpha value is -3.67. The highest BCUT2D eigenvalue weighted by atomic mass is 16.5. The third-order valence-electron chi connectivity index (χ3n) is 5.55. The number of nitrogens with one attached hydrogen (secondary N) is 1. The molecule has 1 saturated heterocycles. The molecule has 0 spiro atoms. The molecule has 1 N–H and O–H groups in total. The summed E-state index contributed by atoms with van der Waals surface area (Å²) in [5, 5.41) is 16.6. The molecule has 164 valence electrons. The lowest BCUT2D eigenvalue weighted by Gasteiger charge is -2.34. The van der Waals surface area contributed by atoms with Crippen LogP contribution in [-0.4, -0.2) is 65.3 Å². The lowest BCUT2D eigenvalue weighted by atomic mass is 10.2. The molecule has 1 amide bonds. The maximum absolute atomic E-state index is 12.7. The van der Waals surface area contributed by atoms with Gasteiger partial charge in [0.2, 0.25) is 5.91 Å². The van der Waals surface area contributed by atoms with Crippen LogP contribution in [0.2, 0.25) is 0 Å². The number of hydrogen-bond donors (Lipinski definition) is 1. The fourth-order valence-corrected chi connectivity index (χ4v) is 3.78. The van der Waals surface area contributed by atoms with Crippen LogP contribution in [0.15, 0.2) is 60.8 Å². The molecule has 4 rings (SSSR count). The van der Waals surface area contributed by atoms with Gasteiger partial charge in [-0.1, -0.05) is 30.3 Å². The number of aromatic nitrogens is 2. The Morgan fingerprint density at radius 3 is 2.41 bits per heavy atom. The molecule has 1 aliphatic rings. The smallest absolute Gasteiger partial charge is 0.239 e. The van der Waals surface area contributed by atoms with E-state index in [2.05, 4.69) is 38.4 Å². The number of anilines is 1. The van der Waals surface area contributed by atoms with Gasteiger partial charge in [0.15, 0.2) is 5.82 Å². The second-order valence-electron chi connectivity index (χ2n) is 7.71. The molecule has 0 unspecified atom stereocenters. The number of nitrogens with zero attached hydrogens (tertiary/aromatic N) is 5. The van der Waals surface area contributed by atoms with Crippen molar-refractivity contribution in [3.63, 3.8) is 0 Å². The fraction of sp³-hybridized carbons (Fsp3) is 0.292. The Labute approximate surface area is 187 Å². The van der Waals surface area contributed by atoms with Crippen molar-refractivity contribution >= 4 is 11.7 Å². The van der Waals surface area contributed by atoms with Crippen LogP contribution >= 0.6 is 0 Å². The van der Waals surface area contributed by atoms with E-state index >= 15 is 0 Å². The number of carbonyl (C=O) groups excluding carboxylic acids is 1. The third-order valence-corrected chi connectivity index (χ3v) is 5.55. The molecule has 1 fully saturated rings. The average Bonchev–Trinajstić information content (AvgIpc) is 3.23. The zero-order chi connectivity index (χ0) is 22.3. The second kappa shape index (κ2) is 10.1. The molecule has 1 aliphatic heterocycles. The van der Waals surface area contributed by atoms with Gasteiger partial charge in [-0.25, -0.2) is 4.68 Å². The zero-order valence-corrected chi connectivity index (χ0v) is 18.1. The van der Waals surface area contributed by atoms with Crippen molar-refractivity contribution in [2.75, 3.05) is 45.2 Å². The van der Waals surface area contributed by atoms with E-state index in [1.807, 2.05) is 42.5 Å². The van der Waals surface area contributed by atoms with Crippen LogP contribution in [0.3, 0.4) is 0 Å². The van der Waals surface area contributed by atoms with Gasteiger partial charge in [-0.05, 0) is 29.8 Å². The highest BCUT2D eigenvalue weighted by molar-refractivity contribution is 5.93. The average molecular weight is 431 g/mol. The standard InChI is InChI=1S/C24H26N6O2/c1-32-22-9-7-19(8-10-22)17-28-11-13-29(14-12-28)18-23(31)27-24-20(15-25)16-26-30(24)21-5-3-2-4-6-21/h2-10,16H,11-14,17-18H2,1H3,(H,27,31). The molecule has 8 heteroatoms. The number of ether oxygens (including phenoxy) is 1. The summed E-state index contributed by atoms with van der Waals surface area (Å²) in [5.74, 6) is 1.11. The highest BCUT2D eigenvalue weighted by Gasteiger charge is 2.21. The second-order valence-corrected chi connectivity index (χ2v) is 7.71. The third kappa shape index (κ3) is 5.14.